The number of hydrogen-bond acceptors (Lipinski definition) is 3. The number of nitrogens with one attached hydrogen (secondary N) is 1. The molecule has 0 aliphatic heterocycles. The van der Waals surface area contributed by atoms with Crippen molar-refractivity contribution < 1.29 is 13.6 Å². The highest BCUT2D eigenvalue weighted by atomic mass is 35.5. The number of hydrogen-bond donors (Lipinski definition) is 1. The van der Waals surface area contributed by atoms with E-state index in [0.717, 1.165) is 6.07 Å². The fraction of sp³-hybridized carbons (Fsp3) is 0.0588. The molecule has 24 heavy (non-hydrogen) atoms. The molecule has 0 radical (unpaired) electrons. The molecule has 0 aliphatic carbocycles. The summed E-state index contributed by atoms with van der Waals surface area (Å²) in [5.41, 5.74) is 0.110. The summed E-state index contributed by atoms with van der Waals surface area (Å²) in [5.74, 6) is -0.491. The molecular weight excluding hydrogens is 335 g/mol. The maximum absolute atomic E-state index is 13.0. The smallest absolute Gasteiger partial charge is 0.291 e. The van der Waals surface area contributed by atoms with Crippen molar-refractivity contribution in [3.05, 3.63) is 87.4 Å². The maximum Gasteiger partial charge on any atom is 0.291 e. The normalized spacial score (nSPS) is 10.6. The van der Waals surface area contributed by atoms with E-state index in [-0.39, 0.29) is 28.6 Å². The first-order valence-corrected chi connectivity index (χ1v) is 7.41. The molecule has 1 aromatic carbocycles. The molecule has 0 saturated heterocycles. The van der Waals surface area contributed by atoms with Crippen molar-refractivity contribution in [3.8, 4) is 0 Å². The van der Waals surface area contributed by atoms with E-state index in [0.29, 0.717) is 5.76 Å². The Balaban J connectivity index is 1.74. The number of benzene rings is 1. The number of carbonyl (C=O) groups excluding carboxylic acids is 1. The second kappa shape index (κ2) is 6.72. The standard InChI is InChI=1S/C17H12ClFN2O3/c18-13-9-11(19)4-6-14(13)20-17(23)15-7-5-12(24-15)10-21-8-2-1-3-16(21)22/h1-9H,10H2,(H,20,23). The van der Waals surface area contributed by atoms with Crippen molar-refractivity contribution in [2.45, 2.75) is 6.54 Å². The first kappa shape index (κ1) is 16.0. The summed E-state index contributed by atoms with van der Waals surface area (Å²) >= 11 is 5.87. The molecule has 0 unspecified atom stereocenters. The number of rotatable bonds is 4. The lowest BCUT2D eigenvalue weighted by Gasteiger charge is -2.05. The van der Waals surface area contributed by atoms with Crippen LogP contribution in [0.2, 0.25) is 5.02 Å². The highest BCUT2D eigenvalue weighted by molar-refractivity contribution is 6.33. The largest absolute Gasteiger partial charge is 0.454 e. The van der Waals surface area contributed by atoms with Crippen LogP contribution in [-0.2, 0) is 6.54 Å². The van der Waals surface area contributed by atoms with Crippen LogP contribution in [0, 0.1) is 5.82 Å². The molecule has 1 amide bonds. The molecule has 122 valence electrons. The second-order valence-corrected chi connectivity index (χ2v) is 5.42. The highest BCUT2D eigenvalue weighted by Crippen LogP contribution is 2.23. The number of carbonyl (C=O) groups is 1. The summed E-state index contributed by atoms with van der Waals surface area (Å²) in [6.45, 7) is 0.213. The van der Waals surface area contributed by atoms with E-state index in [1.165, 1.54) is 28.8 Å². The number of amides is 1. The third kappa shape index (κ3) is 3.55. The van der Waals surface area contributed by atoms with Crippen LogP contribution < -0.4 is 10.9 Å². The molecule has 0 spiro atoms. The van der Waals surface area contributed by atoms with Crippen LogP contribution in [0.15, 0.2) is 63.9 Å². The Morgan fingerprint density at radius 2 is 2.04 bits per heavy atom. The number of pyridine rings is 1. The van der Waals surface area contributed by atoms with Crippen molar-refractivity contribution in [1.82, 2.24) is 4.57 Å². The van der Waals surface area contributed by atoms with Crippen molar-refractivity contribution in [3.63, 3.8) is 0 Å². The third-order valence-corrected chi connectivity index (χ3v) is 3.60. The molecule has 3 aromatic rings. The molecule has 0 atom stereocenters. The van der Waals surface area contributed by atoms with Gasteiger partial charge in [-0.1, -0.05) is 17.7 Å². The van der Waals surface area contributed by atoms with Gasteiger partial charge in [0.15, 0.2) is 5.76 Å². The van der Waals surface area contributed by atoms with Crippen molar-refractivity contribution in [2.75, 3.05) is 5.32 Å². The van der Waals surface area contributed by atoms with Crippen molar-refractivity contribution in [1.29, 1.82) is 0 Å². The summed E-state index contributed by atoms with van der Waals surface area (Å²) in [4.78, 5) is 23.8. The molecule has 0 bridgehead atoms. The predicted octanol–water partition coefficient (Wildman–Crippen LogP) is 3.53. The summed E-state index contributed by atoms with van der Waals surface area (Å²) in [7, 11) is 0. The summed E-state index contributed by atoms with van der Waals surface area (Å²) in [5, 5.41) is 2.63. The van der Waals surface area contributed by atoms with Gasteiger partial charge in [-0.05, 0) is 36.4 Å². The zero-order chi connectivity index (χ0) is 17.1. The van der Waals surface area contributed by atoms with Gasteiger partial charge in [0, 0.05) is 12.3 Å². The van der Waals surface area contributed by atoms with Gasteiger partial charge >= 0.3 is 0 Å². The molecule has 0 saturated carbocycles. The van der Waals surface area contributed by atoms with Crippen LogP contribution in [0.5, 0.6) is 0 Å². The topological polar surface area (TPSA) is 64.2 Å². The number of furan rings is 1. The molecule has 0 aliphatic rings. The molecule has 3 rings (SSSR count). The summed E-state index contributed by atoms with van der Waals surface area (Å²) in [6.07, 6.45) is 1.63. The molecule has 1 N–H and O–H groups in total. The van der Waals surface area contributed by atoms with Crippen LogP contribution >= 0.6 is 11.6 Å². The minimum Gasteiger partial charge on any atom is -0.454 e. The van der Waals surface area contributed by atoms with E-state index in [4.69, 9.17) is 16.0 Å². The molecular formula is C17H12ClFN2O3. The number of aromatic nitrogens is 1. The monoisotopic (exact) mass is 346 g/mol. The third-order valence-electron chi connectivity index (χ3n) is 3.29. The van der Waals surface area contributed by atoms with E-state index in [1.807, 2.05) is 0 Å². The van der Waals surface area contributed by atoms with Gasteiger partial charge in [0.25, 0.3) is 11.5 Å². The average molecular weight is 347 g/mol. The summed E-state index contributed by atoms with van der Waals surface area (Å²) < 4.78 is 19.9. The second-order valence-electron chi connectivity index (χ2n) is 5.01. The Morgan fingerprint density at radius 3 is 2.79 bits per heavy atom. The van der Waals surface area contributed by atoms with Crippen LogP contribution in [-0.4, -0.2) is 10.5 Å². The van der Waals surface area contributed by atoms with Gasteiger partial charge in [-0.15, -0.1) is 0 Å². The first-order chi connectivity index (χ1) is 11.5. The van der Waals surface area contributed by atoms with Crippen LogP contribution in [0.25, 0.3) is 0 Å². The minimum atomic E-state index is -0.518. The van der Waals surface area contributed by atoms with E-state index in [9.17, 15) is 14.0 Å². The Bertz CT molecular complexity index is 949. The van der Waals surface area contributed by atoms with Crippen molar-refractivity contribution in [2.24, 2.45) is 0 Å². The van der Waals surface area contributed by atoms with E-state index < -0.39 is 11.7 Å². The Labute approximate surface area is 141 Å². The van der Waals surface area contributed by atoms with Crippen molar-refractivity contribution >= 4 is 23.2 Å². The molecule has 7 heteroatoms. The van der Waals surface area contributed by atoms with Crippen LogP contribution in [0.1, 0.15) is 16.3 Å². The zero-order valence-electron chi connectivity index (χ0n) is 12.3. The molecule has 0 fully saturated rings. The number of halogens is 2. The fourth-order valence-electron chi connectivity index (χ4n) is 2.12. The van der Waals surface area contributed by atoms with Gasteiger partial charge < -0.3 is 14.3 Å². The van der Waals surface area contributed by atoms with Crippen LogP contribution in [0.4, 0.5) is 10.1 Å². The van der Waals surface area contributed by atoms with Gasteiger partial charge in [0.2, 0.25) is 0 Å². The lowest BCUT2D eigenvalue weighted by Crippen LogP contribution is -2.18. The SMILES string of the molecule is O=C(Nc1ccc(F)cc1Cl)c1ccc(Cn2ccccc2=O)o1. The maximum atomic E-state index is 13.0. The lowest BCUT2D eigenvalue weighted by molar-refractivity contribution is 0.0994. The first-order valence-electron chi connectivity index (χ1n) is 7.03. The van der Waals surface area contributed by atoms with E-state index >= 15 is 0 Å². The quantitative estimate of drug-likeness (QED) is 0.786. The number of nitrogens with zero attached hydrogens (tertiary/aromatic N) is 1. The Hall–Kier alpha value is -2.86. The molecule has 2 heterocycles. The Morgan fingerprint density at radius 1 is 1.21 bits per heavy atom. The van der Waals surface area contributed by atoms with Gasteiger partial charge in [0.1, 0.15) is 11.6 Å². The average Bonchev–Trinajstić information content (AvgIpc) is 3.01. The highest BCUT2D eigenvalue weighted by Gasteiger charge is 2.13. The zero-order valence-corrected chi connectivity index (χ0v) is 13.1. The Kier molecular flexibility index (Phi) is 4.48. The van der Waals surface area contributed by atoms with Gasteiger partial charge in [-0.3, -0.25) is 9.59 Å². The summed E-state index contributed by atoms with van der Waals surface area (Å²) in [6, 6.07) is 11.6. The fourth-order valence-corrected chi connectivity index (χ4v) is 2.33. The van der Waals surface area contributed by atoms with E-state index in [1.54, 1.807) is 24.4 Å². The molecule has 5 nitrogen and oxygen atoms in total. The minimum absolute atomic E-state index is 0.0642. The lowest BCUT2D eigenvalue weighted by atomic mass is 10.3. The molecule has 2 aromatic heterocycles. The van der Waals surface area contributed by atoms with Gasteiger partial charge in [-0.25, -0.2) is 4.39 Å². The number of anilines is 1. The van der Waals surface area contributed by atoms with Gasteiger partial charge in [-0.2, -0.15) is 0 Å². The predicted molar refractivity (Wildman–Crippen MR) is 87.9 cm³/mol. The van der Waals surface area contributed by atoms with E-state index in [2.05, 4.69) is 5.32 Å². The van der Waals surface area contributed by atoms with Crippen LogP contribution in [0.3, 0.4) is 0 Å². The van der Waals surface area contributed by atoms with Gasteiger partial charge in [0.05, 0.1) is 17.3 Å².